The van der Waals surface area contributed by atoms with Crippen LogP contribution in [0.25, 0.3) is 0 Å². The lowest BCUT2D eigenvalue weighted by atomic mass is 10.1. The van der Waals surface area contributed by atoms with E-state index in [9.17, 15) is 0 Å². The number of aryl methyl sites for hydroxylation is 1. The molecule has 2 aromatic rings. The summed E-state index contributed by atoms with van der Waals surface area (Å²) in [5, 5.41) is 0.507. The molecule has 0 amide bonds. The fourth-order valence-electron chi connectivity index (χ4n) is 1.64. The van der Waals surface area contributed by atoms with Crippen molar-refractivity contribution in [2.75, 3.05) is 6.61 Å². The molecule has 94 valence electrons. The Labute approximate surface area is 112 Å². The normalized spacial score (nSPS) is 10.5. The van der Waals surface area contributed by atoms with Crippen LogP contribution in [-0.4, -0.2) is 16.6 Å². The van der Waals surface area contributed by atoms with E-state index in [4.69, 9.17) is 16.3 Å². The number of aromatic nitrogens is 2. The predicted molar refractivity (Wildman–Crippen MR) is 71.5 cm³/mol. The summed E-state index contributed by atoms with van der Waals surface area (Å²) in [5.74, 6) is 0. The second-order valence-corrected chi connectivity index (χ2v) is 4.35. The Bertz CT molecular complexity index is 476. The largest absolute Gasteiger partial charge is 0.375 e. The average molecular weight is 263 g/mol. The molecule has 0 aromatic carbocycles. The highest BCUT2D eigenvalue weighted by atomic mass is 35.5. The van der Waals surface area contributed by atoms with Gasteiger partial charge in [-0.25, -0.2) is 4.98 Å². The summed E-state index contributed by atoms with van der Waals surface area (Å²) in [6.07, 6.45) is 5.62. The minimum absolute atomic E-state index is 0.507. The molecule has 4 heteroatoms. The van der Waals surface area contributed by atoms with Crippen molar-refractivity contribution in [3.63, 3.8) is 0 Å². The fraction of sp³-hybridized carbons (Fsp3) is 0.286. The summed E-state index contributed by atoms with van der Waals surface area (Å²) in [4.78, 5) is 8.15. The van der Waals surface area contributed by atoms with Crippen LogP contribution in [0.3, 0.4) is 0 Å². The van der Waals surface area contributed by atoms with E-state index in [1.807, 2.05) is 36.7 Å². The molecule has 3 nitrogen and oxygen atoms in total. The highest BCUT2D eigenvalue weighted by Crippen LogP contribution is 2.06. The molecule has 0 N–H and O–H groups in total. The van der Waals surface area contributed by atoms with Gasteiger partial charge in [0.2, 0.25) is 0 Å². The second kappa shape index (κ2) is 7.09. The van der Waals surface area contributed by atoms with Crippen LogP contribution in [-0.2, 0) is 17.8 Å². The zero-order valence-electron chi connectivity index (χ0n) is 10.1. The minimum Gasteiger partial charge on any atom is -0.375 e. The molecule has 0 aliphatic heterocycles. The van der Waals surface area contributed by atoms with Crippen molar-refractivity contribution < 1.29 is 4.74 Å². The topological polar surface area (TPSA) is 35.0 Å². The Kier molecular flexibility index (Phi) is 5.12. The summed E-state index contributed by atoms with van der Waals surface area (Å²) in [5.41, 5.74) is 2.15. The van der Waals surface area contributed by atoms with E-state index in [0.717, 1.165) is 25.1 Å². The zero-order chi connectivity index (χ0) is 12.6. The number of ether oxygens (including phenoxy) is 1. The molecule has 0 unspecified atom stereocenters. The molecule has 0 aliphatic rings. The first kappa shape index (κ1) is 13.0. The Hall–Kier alpha value is -1.45. The van der Waals surface area contributed by atoms with Gasteiger partial charge in [0, 0.05) is 19.0 Å². The van der Waals surface area contributed by atoms with Gasteiger partial charge in [-0.05, 0) is 42.7 Å². The van der Waals surface area contributed by atoms with E-state index in [2.05, 4.69) is 9.97 Å². The van der Waals surface area contributed by atoms with Crippen LogP contribution in [0.5, 0.6) is 0 Å². The number of hydrogen-bond acceptors (Lipinski definition) is 3. The third-order valence-corrected chi connectivity index (χ3v) is 2.74. The molecular formula is C14H15ClN2O. The Morgan fingerprint density at radius 2 is 1.94 bits per heavy atom. The van der Waals surface area contributed by atoms with Crippen molar-refractivity contribution in [2.24, 2.45) is 0 Å². The highest BCUT2D eigenvalue weighted by Gasteiger charge is 1.97. The van der Waals surface area contributed by atoms with Gasteiger partial charge in [-0.1, -0.05) is 17.7 Å². The summed E-state index contributed by atoms with van der Waals surface area (Å²) in [7, 11) is 0. The quantitative estimate of drug-likeness (QED) is 0.592. The summed E-state index contributed by atoms with van der Waals surface area (Å²) >= 11 is 5.79. The first-order chi connectivity index (χ1) is 8.84. The fourth-order valence-corrected chi connectivity index (χ4v) is 1.82. The number of pyridine rings is 2. The Morgan fingerprint density at radius 3 is 2.72 bits per heavy atom. The van der Waals surface area contributed by atoms with Gasteiger partial charge in [0.15, 0.2) is 0 Å². The van der Waals surface area contributed by atoms with Crippen molar-refractivity contribution in [2.45, 2.75) is 19.4 Å². The molecule has 0 atom stereocenters. The Morgan fingerprint density at radius 1 is 1.11 bits per heavy atom. The van der Waals surface area contributed by atoms with E-state index in [1.165, 1.54) is 5.56 Å². The van der Waals surface area contributed by atoms with Crippen LogP contribution in [0.15, 0.2) is 42.7 Å². The van der Waals surface area contributed by atoms with Gasteiger partial charge in [0.05, 0.1) is 12.3 Å². The van der Waals surface area contributed by atoms with Crippen LogP contribution in [0, 0.1) is 0 Å². The molecule has 0 radical (unpaired) electrons. The maximum absolute atomic E-state index is 5.79. The third-order valence-electron chi connectivity index (χ3n) is 2.53. The molecule has 2 rings (SSSR count). The number of nitrogens with zero attached hydrogens (tertiary/aromatic N) is 2. The maximum Gasteiger partial charge on any atom is 0.129 e. The van der Waals surface area contributed by atoms with Crippen LogP contribution in [0.1, 0.15) is 17.7 Å². The molecule has 0 saturated carbocycles. The van der Waals surface area contributed by atoms with Crippen molar-refractivity contribution in [1.82, 2.24) is 9.97 Å². The summed E-state index contributed by atoms with van der Waals surface area (Å²) in [6.45, 7) is 1.23. The van der Waals surface area contributed by atoms with Crippen LogP contribution < -0.4 is 0 Å². The number of halogens is 1. The second-order valence-electron chi connectivity index (χ2n) is 3.96. The molecule has 18 heavy (non-hydrogen) atoms. The van der Waals surface area contributed by atoms with Gasteiger partial charge >= 0.3 is 0 Å². The maximum atomic E-state index is 5.79. The molecule has 0 aliphatic carbocycles. The zero-order valence-corrected chi connectivity index (χ0v) is 10.8. The van der Waals surface area contributed by atoms with Gasteiger partial charge in [-0.15, -0.1) is 0 Å². The van der Waals surface area contributed by atoms with Gasteiger partial charge in [-0.3, -0.25) is 4.98 Å². The van der Waals surface area contributed by atoms with Crippen molar-refractivity contribution in [3.05, 3.63) is 59.1 Å². The molecule has 0 saturated heterocycles. The minimum atomic E-state index is 0.507. The standard InChI is InChI=1S/C14H15ClN2O/c15-14-5-1-4-13(17-14)11-18-10-2-3-12-6-8-16-9-7-12/h1,4-9H,2-3,10-11H2. The van der Waals surface area contributed by atoms with E-state index < -0.39 is 0 Å². The van der Waals surface area contributed by atoms with Crippen molar-refractivity contribution >= 4 is 11.6 Å². The van der Waals surface area contributed by atoms with E-state index >= 15 is 0 Å². The SMILES string of the molecule is Clc1cccc(COCCCc2ccncc2)n1. The lowest BCUT2D eigenvalue weighted by molar-refractivity contribution is 0.116. The molecular weight excluding hydrogens is 248 g/mol. The third kappa shape index (κ3) is 4.43. The lowest BCUT2D eigenvalue weighted by Crippen LogP contribution is -1.99. The van der Waals surface area contributed by atoms with E-state index in [1.54, 1.807) is 6.07 Å². The van der Waals surface area contributed by atoms with Crippen molar-refractivity contribution in [3.8, 4) is 0 Å². The van der Waals surface area contributed by atoms with Crippen molar-refractivity contribution in [1.29, 1.82) is 0 Å². The van der Waals surface area contributed by atoms with Crippen LogP contribution in [0.2, 0.25) is 5.15 Å². The first-order valence-electron chi connectivity index (χ1n) is 5.93. The molecule has 2 aromatic heterocycles. The van der Waals surface area contributed by atoms with Gasteiger partial charge in [0.1, 0.15) is 5.15 Å². The van der Waals surface area contributed by atoms with E-state index in [-0.39, 0.29) is 0 Å². The highest BCUT2D eigenvalue weighted by molar-refractivity contribution is 6.29. The average Bonchev–Trinajstić information content (AvgIpc) is 2.40. The summed E-state index contributed by atoms with van der Waals surface area (Å²) in [6, 6.07) is 9.60. The van der Waals surface area contributed by atoms with Crippen LogP contribution >= 0.6 is 11.6 Å². The molecule has 0 bridgehead atoms. The lowest BCUT2D eigenvalue weighted by Gasteiger charge is -2.04. The first-order valence-corrected chi connectivity index (χ1v) is 6.30. The smallest absolute Gasteiger partial charge is 0.129 e. The Balaban J connectivity index is 1.65. The monoisotopic (exact) mass is 262 g/mol. The molecule has 2 heterocycles. The van der Waals surface area contributed by atoms with E-state index in [0.29, 0.717) is 11.8 Å². The number of rotatable bonds is 6. The van der Waals surface area contributed by atoms with Gasteiger partial charge in [0.25, 0.3) is 0 Å². The number of hydrogen-bond donors (Lipinski definition) is 0. The van der Waals surface area contributed by atoms with Crippen LogP contribution in [0.4, 0.5) is 0 Å². The van der Waals surface area contributed by atoms with Gasteiger partial charge < -0.3 is 4.74 Å². The predicted octanol–water partition coefficient (Wildman–Crippen LogP) is 3.28. The van der Waals surface area contributed by atoms with Gasteiger partial charge in [-0.2, -0.15) is 0 Å². The molecule has 0 spiro atoms. The summed E-state index contributed by atoms with van der Waals surface area (Å²) < 4.78 is 5.56. The molecule has 0 fully saturated rings.